The van der Waals surface area contributed by atoms with Crippen molar-refractivity contribution in [2.75, 3.05) is 4.72 Å². The molecule has 0 atom stereocenters. The molecule has 0 aliphatic rings. The maximum absolute atomic E-state index is 12.4. The van der Waals surface area contributed by atoms with Gasteiger partial charge in [0.15, 0.2) is 0 Å². The summed E-state index contributed by atoms with van der Waals surface area (Å²) in [5.74, 6) is 0. The van der Waals surface area contributed by atoms with Gasteiger partial charge in [0.25, 0.3) is 10.0 Å². The molecule has 0 aliphatic carbocycles. The summed E-state index contributed by atoms with van der Waals surface area (Å²) in [6.45, 7) is 4.84. The first-order valence-corrected chi connectivity index (χ1v) is 8.83. The van der Waals surface area contributed by atoms with Crippen LogP contribution in [0.25, 0.3) is 0 Å². The predicted octanol–water partition coefficient (Wildman–Crippen LogP) is 2.84. The van der Waals surface area contributed by atoms with Crippen LogP contribution in [0.15, 0.2) is 39.8 Å². The fourth-order valence-corrected chi connectivity index (χ4v) is 3.42. The second-order valence-electron chi connectivity index (χ2n) is 4.73. The molecule has 1 aromatic heterocycles. The Balaban J connectivity index is 2.33. The SMILES string of the molecule is CCn1cc(S(=O)(=O)Nc2ccc(Br)c(C)c2)cc1CN. The number of benzene rings is 1. The van der Waals surface area contributed by atoms with Gasteiger partial charge in [-0.3, -0.25) is 4.72 Å². The van der Waals surface area contributed by atoms with Gasteiger partial charge in [0.05, 0.1) is 0 Å². The van der Waals surface area contributed by atoms with Crippen molar-refractivity contribution in [1.29, 1.82) is 0 Å². The molecule has 1 aromatic carbocycles. The highest BCUT2D eigenvalue weighted by molar-refractivity contribution is 9.10. The Hall–Kier alpha value is -1.31. The first kappa shape index (κ1) is 16.1. The number of nitrogens with one attached hydrogen (secondary N) is 1. The molecule has 114 valence electrons. The van der Waals surface area contributed by atoms with Crippen molar-refractivity contribution in [2.45, 2.75) is 31.8 Å². The average Bonchev–Trinajstić information content (AvgIpc) is 2.86. The molecule has 0 amide bonds. The van der Waals surface area contributed by atoms with E-state index in [9.17, 15) is 8.42 Å². The van der Waals surface area contributed by atoms with Crippen molar-refractivity contribution in [2.24, 2.45) is 5.73 Å². The fourth-order valence-electron chi connectivity index (χ4n) is 2.06. The normalized spacial score (nSPS) is 11.6. The van der Waals surface area contributed by atoms with Gasteiger partial charge in [-0.05, 0) is 43.7 Å². The van der Waals surface area contributed by atoms with Crippen LogP contribution in [0.4, 0.5) is 5.69 Å². The standard InChI is InChI=1S/C14H18BrN3O2S/c1-3-18-9-13(7-12(18)8-16)21(19,20)17-11-4-5-14(15)10(2)6-11/h4-7,9,17H,3,8,16H2,1-2H3. The van der Waals surface area contributed by atoms with Crippen molar-refractivity contribution in [3.8, 4) is 0 Å². The van der Waals surface area contributed by atoms with E-state index < -0.39 is 10.0 Å². The van der Waals surface area contributed by atoms with Crippen molar-refractivity contribution in [3.05, 3.63) is 46.2 Å². The molecule has 21 heavy (non-hydrogen) atoms. The molecule has 0 saturated carbocycles. The van der Waals surface area contributed by atoms with Gasteiger partial charge in [-0.15, -0.1) is 0 Å². The van der Waals surface area contributed by atoms with E-state index in [1.807, 2.05) is 24.5 Å². The van der Waals surface area contributed by atoms with Crippen LogP contribution in [0.3, 0.4) is 0 Å². The highest BCUT2D eigenvalue weighted by atomic mass is 79.9. The second-order valence-corrected chi connectivity index (χ2v) is 7.26. The maximum atomic E-state index is 12.4. The summed E-state index contributed by atoms with van der Waals surface area (Å²) in [5.41, 5.74) is 7.93. The third kappa shape index (κ3) is 3.48. The number of sulfonamides is 1. The van der Waals surface area contributed by atoms with Gasteiger partial charge in [-0.2, -0.15) is 0 Å². The summed E-state index contributed by atoms with van der Waals surface area (Å²) in [7, 11) is -3.61. The van der Waals surface area contributed by atoms with E-state index in [1.54, 1.807) is 24.4 Å². The first-order chi connectivity index (χ1) is 9.87. The summed E-state index contributed by atoms with van der Waals surface area (Å²) in [5, 5.41) is 0. The monoisotopic (exact) mass is 371 g/mol. The Labute approximate surface area is 133 Å². The summed E-state index contributed by atoms with van der Waals surface area (Å²) in [6, 6.07) is 6.92. The van der Waals surface area contributed by atoms with Crippen LogP contribution in [0, 0.1) is 6.92 Å². The zero-order valence-corrected chi connectivity index (χ0v) is 14.3. The molecule has 0 radical (unpaired) electrons. The number of nitrogens with two attached hydrogens (primary N) is 1. The molecular weight excluding hydrogens is 354 g/mol. The minimum atomic E-state index is -3.61. The zero-order chi connectivity index (χ0) is 15.6. The van der Waals surface area contributed by atoms with E-state index in [0.29, 0.717) is 18.8 Å². The summed E-state index contributed by atoms with van der Waals surface area (Å²) in [6.07, 6.45) is 1.61. The maximum Gasteiger partial charge on any atom is 0.263 e. The zero-order valence-electron chi connectivity index (χ0n) is 11.9. The number of anilines is 1. The number of aromatic nitrogens is 1. The fraction of sp³-hybridized carbons (Fsp3) is 0.286. The second kappa shape index (κ2) is 6.21. The van der Waals surface area contributed by atoms with Crippen LogP contribution in [0.2, 0.25) is 0 Å². The Morgan fingerprint density at radius 3 is 2.57 bits per heavy atom. The van der Waals surface area contributed by atoms with Crippen LogP contribution < -0.4 is 10.5 Å². The van der Waals surface area contributed by atoms with Gasteiger partial charge < -0.3 is 10.3 Å². The highest BCUT2D eigenvalue weighted by Crippen LogP contribution is 2.23. The lowest BCUT2D eigenvalue weighted by molar-refractivity contribution is 0.600. The third-order valence-electron chi connectivity index (χ3n) is 3.23. The topological polar surface area (TPSA) is 77.1 Å². The van der Waals surface area contributed by atoms with Crippen LogP contribution >= 0.6 is 15.9 Å². The van der Waals surface area contributed by atoms with E-state index in [-0.39, 0.29) is 4.90 Å². The molecule has 0 spiro atoms. The summed E-state index contributed by atoms with van der Waals surface area (Å²) >= 11 is 3.39. The summed E-state index contributed by atoms with van der Waals surface area (Å²) < 4.78 is 30.2. The molecule has 2 rings (SSSR count). The number of nitrogens with zero attached hydrogens (tertiary/aromatic N) is 1. The largest absolute Gasteiger partial charge is 0.349 e. The molecular formula is C14H18BrN3O2S. The van der Waals surface area contributed by atoms with E-state index in [1.165, 1.54) is 0 Å². The molecule has 1 heterocycles. The van der Waals surface area contributed by atoms with Crippen LogP contribution in [0.5, 0.6) is 0 Å². The third-order valence-corrected chi connectivity index (χ3v) is 5.47. The molecule has 0 saturated heterocycles. The van der Waals surface area contributed by atoms with Gasteiger partial charge in [0.1, 0.15) is 4.90 Å². The van der Waals surface area contributed by atoms with Gasteiger partial charge in [0.2, 0.25) is 0 Å². The van der Waals surface area contributed by atoms with Crippen LogP contribution in [-0.2, 0) is 23.1 Å². The van der Waals surface area contributed by atoms with E-state index in [4.69, 9.17) is 5.73 Å². The van der Waals surface area contributed by atoms with E-state index in [0.717, 1.165) is 15.7 Å². The lowest BCUT2D eigenvalue weighted by atomic mass is 10.2. The van der Waals surface area contributed by atoms with Crippen LogP contribution in [0.1, 0.15) is 18.2 Å². The number of halogens is 1. The Morgan fingerprint density at radius 2 is 2.05 bits per heavy atom. The number of rotatable bonds is 5. The minimum absolute atomic E-state index is 0.227. The highest BCUT2D eigenvalue weighted by Gasteiger charge is 2.18. The lowest BCUT2D eigenvalue weighted by Gasteiger charge is -2.08. The number of hydrogen-bond donors (Lipinski definition) is 2. The average molecular weight is 372 g/mol. The molecule has 5 nitrogen and oxygen atoms in total. The van der Waals surface area contributed by atoms with Crippen molar-refractivity contribution >= 4 is 31.6 Å². The Morgan fingerprint density at radius 1 is 1.33 bits per heavy atom. The molecule has 0 unspecified atom stereocenters. The van der Waals surface area contributed by atoms with Crippen LogP contribution in [-0.4, -0.2) is 13.0 Å². The smallest absolute Gasteiger partial charge is 0.263 e. The minimum Gasteiger partial charge on any atom is -0.349 e. The van der Waals surface area contributed by atoms with Crippen molar-refractivity contribution in [3.63, 3.8) is 0 Å². The summed E-state index contributed by atoms with van der Waals surface area (Å²) in [4.78, 5) is 0.227. The van der Waals surface area contributed by atoms with Gasteiger partial charge in [-0.1, -0.05) is 15.9 Å². The molecule has 0 fully saturated rings. The van der Waals surface area contributed by atoms with Gasteiger partial charge in [0, 0.05) is 35.1 Å². The molecule has 0 bridgehead atoms. The predicted molar refractivity (Wildman–Crippen MR) is 87.7 cm³/mol. The van der Waals surface area contributed by atoms with Gasteiger partial charge >= 0.3 is 0 Å². The quantitative estimate of drug-likeness (QED) is 0.847. The molecule has 3 N–H and O–H groups in total. The van der Waals surface area contributed by atoms with E-state index >= 15 is 0 Å². The van der Waals surface area contributed by atoms with Crippen molar-refractivity contribution in [1.82, 2.24) is 4.57 Å². The molecule has 7 heteroatoms. The molecule has 2 aromatic rings. The van der Waals surface area contributed by atoms with E-state index in [2.05, 4.69) is 20.7 Å². The lowest BCUT2D eigenvalue weighted by Crippen LogP contribution is -2.12. The Kier molecular flexibility index (Phi) is 4.75. The molecule has 0 aliphatic heterocycles. The number of aryl methyl sites for hydroxylation is 2. The Bertz CT molecular complexity index is 732. The first-order valence-electron chi connectivity index (χ1n) is 6.55. The van der Waals surface area contributed by atoms with Crippen molar-refractivity contribution < 1.29 is 8.42 Å². The van der Waals surface area contributed by atoms with Gasteiger partial charge in [-0.25, -0.2) is 8.42 Å². The number of hydrogen-bond acceptors (Lipinski definition) is 3.